The van der Waals surface area contributed by atoms with Crippen molar-refractivity contribution < 1.29 is 0 Å². The summed E-state index contributed by atoms with van der Waals surface area (Å²) in [7, 11) is 2.19. The Morgan fingerprint density at radius 1 is 1.26 bits per heavy atom. The second kappa shape index (κ2) is 6.51. The van der Waals surface area contributed by atoms with Gasteiger partial charge in [0.2, 0.25) is 0 Å². The number of hydrogen-bond donors (Lipinski definition) is 1. The van der Waals surface area contributed by atoms with Crippen molar-refractivity contribution in [3.63, 3.8) is 0 Å². The SMILES string of the molecule is CCc1ccc(C(N)CN2CCN(C)CC2C)cc1. The van der Waals surface area contributed by atoms with Gasteiger partial charge in [0.05, 0.1) is 0 Å². The molecule has 0 amide bonds. The number of aryl methyl sites for hydroxylation is 1. The maximum atomic E-state index is 6.36. The molecule has 1 aromatic carbocycles. The Hall–Kier alpha value is -0.900. The number of piperazine rings is 1. The first-order chi connectivity index (χ1) is 9.10. The van der Waals surface area contributed by atoms with Crippen LogP contribution < -0.4 is 5.73 Å². The third kappa shape index (κ3) is 3.78. The molecule has 1 aliphatic heterocycles. The van der Waals surface area contributed by atoms with Gasteiger partial charge in [-0.3, -0.25) is 4.90 Å². The van der Waals surface area contributed by atoms with Gasteiger partial charge in [0, 0.05) is 38.3 Å². The fourth-order valence-corrected chi connectivity index (χ4v) is 2.81. The lowest BCUT2D eigenvalue weighted by Gasteiger charge is -2.39. The van der Waals surface area contributed by atoms with Gasteiger partial charge in [-0.25, -0.2) is 0 Å². The average Bonchev–Trinajstić information content (AvgIpc) is 2.42. The quantitative estimate of drug-likeness (QED) is 0.898. The molecule has 1 aliphatic rings. The number of nitrogens with zero attached hydrogens (tertiary/aromatic N) is 2. The summed E-state index contributed by atoms with van der Waals surface area (Å²) in [5.74, 6) is 0. The fraction of sp³-hybridized carbons (Fsp3) is 0.625. The smallest absolute Gasteiger partial charge is 0.0424 e. The van der Waals surface area contributed by atoms with Gasteiger partial charge in [-0.1, -0.05) is 31.2 Å². The zero-order valence-corrected chi connectivity index (χ0v) is 12.5. The molecule has 3 heteroatoms. The molecule has 1 heterocycles. The largest absolute Gasteiger partial charge is 0.323 e. The fourth-order valence-electron chi connectivity index (χ4n) is 2.81. The molecule has 106 valence electrons. The van der Waals surface area contributed by atoms with Gasteiger partial charge in [-0.15, -0.1) is 0 Å². The topological polar surface area (TPSA) is 32.5 Å². The number of likely N-dealkylation sites (N-methyl/N-ethyl adjacent to an activating group) is 1. The van der Waals surface area contributed by atoms with Crippen LogP contribution in [0, 0.1) is 0 Å². The lowest BCUT2D eigenvalue weighted by molar-refractivity contribution is 0.0945. The summed E-state index contributed by atoms with van der Waals surface area (Å²) in [5, 5.41) is 0. The minimum absolute atomic E-state index is 0.122. The molecule has 1 saturated heterocycles. The van der Waals surface area contributed by atoms with Crippen LogP contribution in [0.3, 0.4) is 0 Å². The number of nitrogens with two attached hydrogens (primary N) is 1. The molecule has 1 fully saturated rings. The van der Waals surface area contributed by atoms with E-state index in [0.717, 1.165) is 32.6 Å². The van der Waals surface area contributed by atoms with Crippen LogP contribution >= 0.6 is 0 Å². The van der Waals surface area contributed by atoms with E-state index in [1.165, 1.54) is 11.1 Å². The van der Waals surface area contributed by atoms with Gasteiger partial charge in [0.1, 0.15) is 0 Å². The summed E-state index contributed by atoms with van der Waals surface area (Å²) in [6.07, 6.45) is 1.09. The molecule has 2 atom stereocenters. The minimum atomic E-state index is 0.122. The van der Waals surface area contributed by atoms with E-state index in [0.29, 0.717) is 6.04 Å². The second-order valence-corrected chi connectivity index (χ2v) is 5.81. The van der Waals surface area contributed by atoms with Crippen molar-refractivity contribution in [1.82, 2.24) is 9.80 Å². The molecule has 2 rings (SSSR count). The number of benzene rings is 1. The molecule has 0 radical (unpaired) electrons. The molecular weight excluding hydrogens is 234 g/mol. The van der Waals surface area contributed by atoms with Crippen LogP contribution in [0.5, 0.6) is 0 Å². The van der Waals surface area contributed by atoms with Crippen LogP contribution in [0.15, 0.2) is 24.3 Å². The van der Waals surface area contributed by atoms with Crippen molar-refractivity contribution in [2.45, 2.75) is 32.4 Å². The molecule has 0 bridgehead atoms. The highest BCUT2D eigenvalue weighted by molar-refractivity contribution is 5.25. The Bertz CT molecular complexity index is 387. The number of hydrogen-bond acceptors (Lipinski definition) is 3. The maximum absolute atomic E-state index is 6.36. The zero-order chi connectivity index (χ0) is 13.8. The Kier molecular flexibility index (Phi) is 4.97. The van der Waals surface area contributed by atoms with Crippen molar-refractivity contribution in [1.29, 1.82) is 0 Å². The molecule has 1 aromatic rings. The molecule has 2 N–H and O–H groups in total. The molecule has 3 nitrogen and oxygen atoms in total. The van der Waals surface area contributed by atoms with Crippen LogP contribution in [0.25, 0.3) is 0 Å². The molecule has 0 spiro atoms. The lowest BCUT2D eigenvalue weighted by atomic mass is 10.0. The minimum Gasteiger partial charge on any atom is -0.323 e. The molecule has 2 unspecified atom stereocenters. The van der Waals surface area contributed by atoms with Crippen LogP contribution in [0.1, 0.15) is 31.0 Å². The normalized spacial score (nSPS) is 23.5. The van der Waals surface area contributed by atoms with Crippen molar-refractivity contribution in [3.8, 4) is 0 Å². The Morgan fingerprint density at radius 2 is 1.95 bits per heavy atom. The predicted octanol–water partition coefficient (Wildman–Crippen LogP) is 1.88. The summed E-state index contributed by atoms with van der Waals surface area (Å²) in [6, 6.07) is 9.48. The van der Waals surface area contributed by atoms with E-state index in [1.807, 2.05) is 0 Å². The number of rotatable bonds is 4. The molecule has 19 heavy (non-hydrogen) atoms. The van der Waals surface area contributed by atoms with Crippen LogP contribution in [-0.2, 0) is 6.42 Å². The first-order valence-corrected chi connectivity index (χ1v) is 7.37. The lowest BCUT2D eigenvalue weighted by Crippen LogP contribution is -2.52. The second-order valence-electron chi connectivity index (χ2n) is 5.81. The summed E-state index contributed by atoms with van der Waals surface area (Å²) in [4.78, 5) is 4.90. The highest BCUT2D eigenvalue weighted by Gasteiger charge is 2.23. The van der Waals surface area contributed by atoms with Gasteiger partial charge < -0.3 is 10.6 Å². The molecular formula is C16H27N3. The molecule has 0 aliphatic carbocycles. The highest BCUT2D eigenvalue weighted by Crippen LogP contribution is 2.16. The van der Waals surface area contributed by atoms with Gasteiger partial charge in [0.15, 0.2) is 0 Å². The van der Waals surface area contributed by atoms with Gasteiger partial charge in [0.25, 0.3) is 0 Å². The van der Waals surface area contributed by atoms with Crippen molar-refractivity contribution >= 4 is 0 Å². The standard InChI is InChI=1S/C16H27N3/c1-4-14-5-7-15(8-6-14)16(17)12-19-10-9-18(3)11-13(19)2/h5-8,13,16H,4,9-12,17H2,1-3H3. The van der Waals surface area contributed by atoms with Crippen LogP contribution in [0.2, 0.25) is 0 Å². The van der Waals surface area contributed by atoms with Crippen molar-refractivity contribution in [2.75, 3.05) is 33.2 Å². The van der Waals surface area contributed by atoms with E-state index in [9.17, 15) is 0 Å². The van der Waals surface area contributed by atoms with Gasteiger partial charge >= 0.3 is 0 Å². The molecule has 0 aromatic heterocycles. The third-order valence-electron chi connectivity index (χ3n) is 4.22. The summed E-state index contributed by atoms with van der Waals surface area (Å²) < 4.78 is 0. The molecule has 0 saturated carbocycles. The van der Waals surface area contributed by atoms with E-state index in [4.69, 9.17) is 5.73 Å². The average molecular weight is 261 g/mol. The van der Waals surface area contributed by atoms with Crippen LogP contribution in [-0.4, -0.2) is 49.1 Å². The monoisotopic (exact) mass is 261 g/mol. The zero-order valence-electron chi connectivity index (χ0n) is 12.5. The Balaban J connectivity index is 1.94. The van der Waals surface area contributed by atoms with Crippen molar-refractivity contribution in [2.24, 2.45) is 5.73 Å². The van der Waals surface area contributed by atoms with E-state index in [2.05, 4.69) is 55.0 Å². The highest BCUT2D eigenvalue weighted by atomic mass is 15.3. The summed E-state index contributed by atoms with van der Waals surface area (Å²) in [5.41, 5.74) is 8.99. The summed E-state index contributed by atoms with van der Waals surface area (Å²) >= 11 is 0. The first-order valence-electron chi connectivity index (χ1n) is 7.37. The first kappa shape index (κ1) is 14.5. The van der Waals surface area contributed by atoms with Crippen molar-refractivity contribution in [3.05, 3.63) is 35.4 Å². The Morgan fingerprint density at radius 3 is 2.53 bits per heavy atom. The predicted molar refractivity (Wildman–Crippen MR) is 81.3 cm³/mol. The van der Waals surface area contributed by atoms with E-state index < -0.39 is 0 Å². The van der Waals surface area contributed by atoms with E-state index >= 15 is 0 Å². The van der Waals surface area contributed by atoms with Gasteiger partial charge in [-0.2, -0.15) is 0 Å². The van der Waals surface area contributed by atoms with Crippen LogP contribution in [0.4, 0.5) is 0 Å². The van der Waals surface area contributed by atoms with Gasteiger partial charge in [-0.05, 0) is 31.5 Å². The van der Waals surface area contributed by atoms with E-state index in [-0.39, 0.29) is 6.04 Å². The maximum Gasteiger partial charge on any atom is 0.0424 e. The third-order valence-corrected chi connectivity index (χ3v) is 4.22. The summed E-state index contributed by atoms with van der Waals surface area (Å²) in [6.45, 7) is 8.84. The van der Waals surface area contributed by atoms with E-state index in [1.54, 1.807) is 0 Å². The Labute approximate surface area is 117 Å².